The van der Waals surface area contributed by atoms with Gasteiger partial charge >= 0.3 is 0 Å². The van der Waals surface area contributed by atoms with Crippen LogP contribution in [0.2, 0.25) is 0 Å². The number of nitrogens with zero attached hydrogens (tertiary/aromatic N) is 1. The van der Waals surface area contributed by atoms with E-state index in [-0.39, 0.29) is 24.2 Å². The minimum Gasteiger partial charge on any atom is -0.383 e. The minimum absolute atomic E-state index is 0.0227. The third-order valence-corrected chi connectivity index (χ3v) is 3.89. The Balaban J connectivity index is 1.69. The van der Waals surface area contributed by atoms with Gasteiger partial charge in [-0.15, -0.1) is 0 Å². The summed E-state index contributed by atoms with van der Waals surface area (Å²) in [6, 6.07) is 0.241. The minimum atomic E-state index is -0.304. The molecule has 0 aromatic carbocycles. The lowest BCUT2D eigenvalue weighted by atomic mass is 10.1. The van der Waals surface area contributed by atoms with Crippen molar-refractivity contribution >= 4 is 5.91 Å². The molecule has 110 valence electrons. The molecule has 0 spiro atoms. The summed E-state index contributed by atoms with van der Waals surface area (Å²) in [5.41, 5.74) is 5.55. The molecule has 2 aliphatic rings. The monoisotopic (exact) mass is 271 g/mol. The lowest BCUT2D eigenvalue weighted by Gasteiger charge is -2.18. The fraction of sp³-hybridized carbons (Fsp3) is 0.923. The summed E-state index contributed by atoms with van der Waals surface area (Å²) in [4.78, 5) is 14.4. The molecule has 19 heavy (non-hydrogen) atoms. The number of carbonyl (C=O) groups excluding carboxylic acids is 1. The van der Waals surface area contributed by atoms with Crippen molar-refractivity contribution in [1.82, 2.24) is 10.2 Å². The van der Waals surface area contributed by atoms with Crippen LogP contribution in [0.4, 0.5) is 0 Å². The largest absolute Gasteiger partial charge is 0.383 e. The van der Waals surface area contributed by atoms with Crippen molar-refractivity contribution < 1.29 is 14.3 Å². The maximum absolute atomic E-state index is 12.1. The number of nitrogens with one attached hydrogen (secondary N) is 1. The highest BCUT2D eigenvalue weighted by Crippen LogP contribution is 2.19. The Bertz CT molecular complexity index is 301. The molecule has 2 aliphatic heterocycles. The summed E-state index contributed by atoms with van der Waals surface area (Å²) in [5.74, 6) is 0.0227. The fourth-order valence-corrected chi connectivity index (χ4v) is 2.74. The molecule has 1 unspecified atom stereocenters. The normalized spacial score (nSPS) is 31.8. The zero-order valence-electron chi connectivity index (χ0n) is 11.6. The Morgan fingerprint density at radius 2 is 2.32 bits per heavy atom. The second-order valence-corrected chi connectivity index (χ2v) is 5.35. The summed E-state index contributed by atoms with van der Waals surface area (Å²) in [5, 5.41) is 3.08. The van der Waals surface area contributed by atoms with Crippen molar-refractivity contribution in [3.8, 4) is 0 Å². The van der Waals surface area contributed by atoms with Gasteiger partial charge in [-0.2, -0.15) is 0 Å². The van der Waals surface area contributed by atoms with E-state index < -0.39 is 0 Å². The summed E-state index contributed by atoms with van der Waals surface area (Å²) in [7, 11) is 1.71. The van der Waals surface area contributed by atoms with Crippen LogP contribution in [0.3, 0.4) is 0 Å². The van der Waals surface area contributed by atoms with Crippen molar-refractivity contribution in [3.05, 3.63) is 0 Å². The molecule has 6 heteroatoms. The van der Waals surface area contributed by atoms with Crippen LogP contribution in [0.5, 0.6) is 0 Å². The highest BCUT2D eigenvalue weighted by molar-refractivity contribution is 5.81. The predicted octanol–water partition coefficient (Wildman–Crippen LogP) is -0.670. The molecule has 6 nitrogen and oxygen atoms in total. The van der Waals surface area contributed by atoms with Gasteiger partial charge < -0.3 is 20.5 Å². The third-order valence-electron chi connectivity index (χ3n) is 3.89. The molecular formula is C13H25N3O3. The van der Waals surface area contributed by atoms with Crippen LogP contribution >= 0.6 is 0 Å². The second kappa shape index (κ2) is 7.19. The van der Waals surface area contributed by atoms with Crippen LogP contribution in [0.15, 0.2) is 0 Å². The molecule has 2 heterocycles. The van der Waals surface area contributed by atoms with E-state index >= 15 is 0 Å². The van der Waals surface area contributed by atoms with E-state index in [9.17, 15) is 4.79 Å². The smallest absolute Gasteiger partial charge is 0.249 e. The lowest BCUT2D eigenvalue weighted by molar-refractivity contribution is -0.132. The van der Waals surface area contributed by atoms with E-state index in [0.29, 0.717) is 6.54 Å². The van der Waals surface area contributed by atoms with Gasteiger partial charge in [0.2, 0.25) is 5.91 Å². The molecule has 2 saturated heterocycles. The quantitative estimate of drug-likeness (QED) is 0.670. The Morgan fingerprint density at radius 1 is 1.47 bits per heavy atom. The first-order valence-corrected chi connectivity index (χ1v) is 7.10. The Labute approximate surface area is 114 Å². The zero-order chi connectivity index (χ0) is 13.7. The third kappa shape index (κ3) is 4.14. The molecule has 0 saturated carbocycles. The van der Waals surface area contributed by atoms with Crippen molar-refractivity contribution in [2.24, 2.45) is 5.73 Å². The van der Waals surface area contributed by atoms with Crippen LogP contribution in [-0.4, -0.2) is 69.0 Å². The number of likely N-dealkylation sites (tertiary alicyclic amines) is 1. The van der Waals surface area contributed by atoms with Crippen LogP contribution in [0.1, 0.15) is 19.3 Å². The number of amides is 1. The first-order valence-electron chi connectivity index (χ1n) is 7.10. The SMILES string of the molecule is COCCN1CCC(NC(=O)[C@@H]2CC[C@H](CN)O2)C1. The van der Waals surface area contributed by atoms with Crippen molar-refractivity contribution in [2.45, 2.75) is 37.5 Å². The number of ether oxygens (including phenoxy) is 2. The number of carbonyl (C=O) groups is 1. The Hall–Kier alpha value is -0.690. The van der Waals surface area contributed by atoms with Crippen LogP contribution in [0, 0.1) is 0 Å². The van der Waals surface area contributed by atoms with Gasteiger partial charge in [0, 0.05) is 39.3 Å². The van der Waals surface area contributed by atoms with E-state index in [2.05, 4.69) is 10.2 Å². The first-order chi connectivity index (χ1) is 9.22. The second-order valence-electron chi connectivity index (χ2n) is 5.35. The molecule has 1 amide bonds. The molecule has 3 atom stereocenters. The number of nitrogens with two attached hydrogens (primary N) is 1. The van der Waals surface area contributed by atoms with Crippen LogP contribution in [-0.2, 0) is 14.3 Å². The highest BCUT2D eigenvalue weighted by atomic mass is 16.5. The van der Waals surface area contributed by atoms with Gasteiger partial charge in [0.15, 0.2) is 0 Å². The highest BCUT2D eigenvalue weighted by Gasteiger charge is 2.32. The molecule has 0 bridgehead atoms. The molecular weight excluding hydrogens is 246 g/mol. The number of hydrogen-bond acceptors (Lipinski definition) is 5. The summed E-state index contributed by atoms with van der Waals surface area (Å²) in [6.45, 7) is 4.09. The van der Waals surface area contributed by atoms with Crippen molar-refractivity contribution in [3.63, 3.8) is 0 Å². The summed E-state index contributed by atoms with van der Waals surface area (Å²) >= 11 is 0. The lowest BCUT2D eigenvalue weighted by Crippen LogP contribution is -2.43. The molecule has 2 rings (SSSR count). The summed E-state index contributed by atoms with van der Waals surface area (Å²) < 4.78 is 10.7. The average molecular weight is 271 g/mol. The maximum Gasteiger partial charge on any atom is 0.249 e. The van der Waals surface area contributed by atoms with E-state index in [0.717, 1.165) is 45.5 Å². The molecule has 3 N–H and O–H groups in total. The fourth-order valence-electron chi connectivity index (χ4n) is 2.74. The van der Waals surface area contributed by atoms with E-state index in [1.807, 2.05) is 0 Å². The van der Waals surface area contributed by atoms with E-state index in [1.165, 1.54) is 0 Å². The van der Waals surface area contributed by atoms with Crippen LogP contribution < -0.4 is 11.1 Å². The molecule has 0 aromatic rings. The summed E-state index contributed by atoms with van der Waals surface area (Å²) in [6.07, 6.45) is 2.43. The van der Waals surface area contributed by atoms with Gasteiger partial charge in [-0.25, -0.2) is 0 Å². The number of methoxy groups -OCH3 is 1. The molecule has 0 aromatic heterocycles. The van der Waals surface area contributed by atoms with Gasteiger partial charge in [-0.05, 0) is 19.3 Å². The maximum atomic E-state index is 12.1. The molecule has 0 aliphatic carbocycles. The average Bonchev–Trinajstić information content (AvgIpc) is 3.05. The van der Waals surface area contributed by atoms with Gasteiger partial charge in [-0.1, -0.05) is 0 Å². The Kier molecular flexibility index (Phi) is 5.57. The number of rotatable bonds is 6. The van der Waals surface area contributed by atoms with Gasteiger partial charge in [0.25, 0.3) is 0 Å². The van der Waals surface area contributed by atoms with E-state index in [1.54, 1.807) is 7.11 Å². The zero-order valence-corrected chi connectivity index (χ0v) is 11.6. The van der Waals surface area contributed by atoms with Crippen molar-refractivity contribution in [1.29, 1.82) is 0 Å². The van der Waals surface area contributed by atoms with Gasteiger partial charge in [-0.3, -0.25) is 9.69 Å². The molecule has 2 fully saturated rings. The van der Waals surface area contributed by atoms with Gasteiger partial charge in [0.1, 0.15) is 6.10 Å². The van der Waals surface area contributed by atoms with Crippen LogP contribution in [0.25, 0.3) is 0 Å². The van der Waals surface area contributed by atoms with Crippen molar-refractivity contribution in [2.75, 3.05) is 39.9 Å². The standard InChI is InChI=1S/C13H25N3O3/c1-18-7-6-16-5-4-10(9-16)15-13(17)12-3-2-11(8-14)19-12/h10-12H,2-9,14H2,1H3,(H,15,17)/t10?,11-,12+/m1/s1. The van der Waals surface area contributed by atoms with E-state index in [4.69, 9.17) is 15.2 Å². The first kappa shape index (κ1) is 14.7. The number of hydrogen-bond donors (Lipinski definition) is 2. The molecule has 0 radical (unpaired) electrons. The predicted molar refractivity (Wildman–Crippen MR) is 71.8 cm³/mol. The topological polar surface area (TPSA) is 76.8 Å². The Morgan fingerprint density at radius 3 is 3.00 bits per heavy atom. The van der Waals surface area contributed by atoms with Gasteiger partial charge in [0.05, 0.1) is 12.7 Å².